The van der Waals surface area contributed by atoms with Crippen molar-refractivity contribution in [2.45, 2.75) is 31.8 Å². The molecule has 7 nitrogen and oxygen atoms in total. The lowest BCUT2D eigenvalue weighted by atomic mass is 9.85. The van der Waals surface area contributed by atoms with Gasteiger partial charge in [-0.3, -0.25) is 9.59 Å². The largest absolute Gasteiger partial charge is 0.497 e. The molecule has 3 heterocycles. The topological polar surface area (TPSA) is 74.9 Å². The average Bonchev–Trinajstić information content (AvgIpc) is 3.19. The van der Waals surface area contributed by atoms with E-state index in [-0.39, 0.29) is 18.4 Å². The summed E-state index contributed by atoms with van der Waals surface area (Å²) in [5, 5.41) is 1.09. The number of aromatic amines is 1. The molecule has 0 aliphatic carbocycles. The van der Waals surface area contributed by atoms with Crippen LogP contribution in [0.1, 0.15) is 36.2 Å². The summed E-state index contributed by atoms with van der Waals surface area (Å²) in [4.78, 5) is 33.9. The van der Waals surface area contributed by atoms with E-state index in [0.29, 0.717) is 24.5 Å². The second-order valence-electron chi connectivity index (χ2n) is 8.35. The molecule has 2 amide bonds. The van der Waals surface area contributed by atoms with Crippen molar-refractivity contribution in [2.75, 3.05) is 27.3 Å². The number of benzene rings is 2. The molecular weight excluding hydrogens is 406 g/mol. The number of carbonyl (C=O) groups excluding carboxylic acids is 2. The fraction of sp³-hybridized carbons (Fsp3) is 0.360. The van der Waals surface area contributed by atoms with Crippen molar-refractivity contribution in [3.05, 3.63) is 59.3 Å². The van der Waals surface area contributed by atoms with Crippen molar-refractivity contribution >= 4 is 22.7 Å². The summed E-state index contributed by atoms with van der Waals surface area (Å²) in [5.41, 5.74) is 3.86. The van der Waals surface area contributed by atoms with Gasteiger partial charge in [-0.05, 0) is 30.2 Å². The number of amides is 2. The van der Waals surface area contributed by atoms with Crippen molar-refractivity contribution in [2.24, 2.45) is 0 Å². The van der Waals surface area contributed by atoms with Gasteiger partial charge >= 0.3 is 0 Å². The summed E-state index contributed by atoms with van der Waals surface area (Å²) in [6.45, 7) is 2.72. The summed E-state index contributed by atoms with van der Waals surface area (Å²) in [7, 11) is 3.22. The standard InChI is InChI=1S/C25H27N3O4/c1-4-11-27-14-22(29)28-20(25(27)30)13-18-16-7-5-6-8-19(16)26-23(18)24(28)17-10-9-15(31-2)12-21(17)32-3/h5-10,12,20,24,26H,4,11,13-14H2,1-3H3/t20-,24-/m0/s1. The zero-order chi connectivity index (χ0) is 22.4. The highest BCUT2D eigenvalue weighted by molar-refractivity contribution is 5.97. The van der Waals surface area contributed by atoms with Gasteiger partial charge in [-0.2, -0.15) is 0 Å². The Morgan fingerprint density at radius 1 is 1.09 bits per heavy atom. The minimum absolute atomic E-state index is 0.0138. The van der Waals surface area contributed by atoms with Gasteiger partial charge in [0, 0.05) is 41.2 Å². The number of hydrogen-bond donors (Lipinski definition) is 1. The van der Waals surface area contributed by atoms with Crippen LogP contribution in [0, 0.1) is 0 Å². The van der Waals surface area contributed by atoms with Crippen LogP contribution in [0.15, 0.2) is 42.5 Å². The van der Waals surface area contributed by atoms with E-state index in [4.69, 9.17) is 9.47 Å². The number of hydrogen-bond acceptors (Lipinski definition) is 4. The van der Waals surface area contributed by atoms with Gasteiger partial charge in [0.15, 0.2) is 0 Å². The van der Waals surface area contributed by atoms with E-state index in [1.165, 1.54) is 0 Å². The molecule has 2 aromatic carbocycles. The third-order valence-corrected chi connectivity index (χ3v) is 6.57. The van der Waals surface area contributed by atoms with E-state index in [1.54, 1.807) is 24.0 Å². The first-order chi connectivity index (χ1) is 15.6. The number of fused-ring (bicyclic) bond motifs is 4. The van der Waals surface area contributed by atoms with E-state index in [9.17, 15) is 9.59 Å². The molecule has 0 unspecified atom stereocenters. The van der Waals surface area contributed by atoms with Crippen LogP contribution in [-0.2, 0) is 16.0 Å². The molecule has 0 spiro atoms. The number of H-pyrrole nitrogens is 1. The molecule has 7 heteroatoms. The van der Waals surface area contributed by atoms with Crippen molar-refractivity contribution in [3.63, 3.8) is 0 Å². The van der Waals surface area contributed by atoms with E-state index < -0.39 is 12.1 Å². The lowest BCUT2D eigenvalue weighted by Gasteiger charge is -2.47. The SMILES string of the molecule is CCCN1CC(=O)N2[C@@H](c3ccc(OC)cc3OC)c3[nH]c4ccccc4c3C[C@H]2C1=O. The molecule has 0 saturated carbocycles. The van der Waals surface area contributed by atoms with Crippen LogP contribution >= 0.6 is 0 Å². The Balaban J connectivity index is 1.73. The lowest BCUT2D eigenvalue weighted by Crippen LogP contribution is -2.63. The highest BCUT2D eigenvalue weighted by Crippen LogP contribution is 2.45. The highest BCUT2D eigenvalue weighted by Gasteiger charge is 2.48. The molecule has 1 fully saturated rings. The summed E-state index contributed by atoms with van der Waals surface area (Å²) < 4.78 is 11.1. The van der Waals surface area contributed by atoms with Crippen molar-refractivity contribution < 1.29 is 19.1 Å². The molecule has 0 bridgehead atoms. The summed E-state index contributed by atoms with van der Waals surface area (Å²) >= 11 is 0. The van der Waals surface area contributed by atoms with Crippen LogP contribution < -0.4 is 9.47 Å². The predicted molar refractivity (Wildman–Crippen MR) is 121 cm³/mol. The Morgan fingerprint density at radius 3 is 2.66 bits per heavy atom. The first-order valence-corrected chi connectivity index (χ1v) is 11.0. The molecule has 1 N–H and O–H groups in total. The quantitative estimate of drug-likeness (QED) is 0.670. The summed E-state index contributed by atoms with van der Waals surface area (Å²) in [5.74, 6) is 1.26. The number of nitrogens with zero attached hydrogens (tertiary/aromatic N) is 2. The zero-order valence-electron chi connectivity index (χ0n) is 18.6. The van der Waals surface area contributed by atoms with Crippen LogP contribution in [-0.4, -0.2) is 59.9 Å². The summed E-state index contributed by atoms with van der Waals surface area (Å²) in [6, 6.07) is 12.7. The molecule has 2 aliphatic rings. The molecule has 2 atom stereocenters. The molecule has 166 valence electrons. The van der Waals surface area contributed by atoms with E-state index >= 15 is 0 Å². The Kier molecular flexibility index (Phi) is 5.04. The van der Waals surface area contributed by atoms with Gasteiger partial charge in [0.1, 0.15) is 23.6 Å². The molecule has 0 radical (unpaired) electrons. The van der Waals surface area contributed by atoms with Gasteiger partial charge in [-0.1, -0.05) is 25.1 Å². The van der Waals surface area contributed by atoms with Gasteiger partial charge in [-0.25, -0.2) is 0 Å². The van der Waals surface area contributed by atoms with Gasteiger partial charge in [0.25, 0.3) is 0 Å². The van der Waals surface area contributed by atoms with Crippen molar-refractivity contribution in [1.29, 1.82) is 0 Å². The number of aromatic nitrogens is 1. The monoisotopic (exact) mass is 433 g/mol. The third kappa shape index (κ3) is 3.03. The number of carbonyl (C=O) groups is 2. The third-order valence-electron chi connectivity index (χ3n) is 6.57. The molecule has 3 aromatic rings. The number of rotatable bonds is 5. The number of nitrogens with one attached hydrogen (secondary N) is 1. The first-order valence-electron chi connectivity index (χ1n) is 11.0. The molecule has 2 aliphatic heterocycles. The van der Waals surface area contributed by atoms with Crippen molar-refractivity contribution in [1.82, 2.24) is 14.8 Å². The normalized spacial score (nSPS) is 20.3. The van der Waals surface area contributed by atoms with Crippen LogP contribution in [0.25, 0.3) is 10.9 Å². The zero-order valence-corrected chi connectivity index (χ0v) is 18.6. The molecule has 5 rings (SSSR count). The minimum atomic E-state index is -0.536. The van der Waals surface area contributed by atoms with E-state index in [0.717, 1.165) is 34.1 Å². The molecule has 1 saturated heterocycles. The van der Waals surface area contributed by atoms with Gasteiger partial charge in [0.2, 0.25) is 11.8 Å². The highest BCUT2D eigenvalue weighted by atomic mass is 16.5. The second-order valence-corrected chi connectivity index (χ2v) is 8.35. The number of para-hydroxylation sites is 1. The Bertz CT molecular complexity index is 1200. The Labute approximate surface area is 186 Å². The number of piperazine rings is 1. The maximum absolute atomic E-state index is 13.5. The Morgan fingerprint density at radius 2 is 1.91 bits per heavy atom. The predicted octanol–water partition coefficient (Wildman–Crippen LogP) is 3.28. The smallest absolute Gasteiger partial charge is 0.246 e. The Hall–Kier alpha value is -3.48. The maximum atomic E-state index is 13.5. The van der Waals surface area contributed by atoms with Gasteiger partial charge in [-0.15, -0.1) is 0 Å². The van der Waals surface area contributed by atoms with E-state index in [2.05, 4.69) is 11.1 Å². The number of ether oxygens (including phenoxy) is 2. The first kappa shape index (κ1) is 20.4. The van der Waals surface area contributed by atoms with Crippen LogP contribution in [0.2, 0.25) is 0 Å². The average molecular weight is 434 g/mol. The van der Waals surface area contributed by atoms with Crippen LogP contribution in [0.5, 0.6) is 11.5 Å². The minimum Gasteiger partial charge on any atom is -0.497 e. The van der Waals surface area contributed by atoms with Gasteiger partial charge < -0.3 is 24.3 Å². The molecular formula is C25H27N3O4. The van der Waals surface area contributed by atoms with Crippen LogP contribution in [0.3, 0.4) is 0 Å². The second kappa shape index (κ2) is 7.89. The van der Waals surface area contributed by atoms with Gasteiger partial charge in [0.05, 0.1) is 20.8 Å². The maximum Gasteiger partial charge on any atom is 0.246 e. The fourth-order valence-corrected chi connectivity index (χ4v) is 5.15. The van der Waals surface area contributed by atoms with Crippen LogP contribution in [0.4, 0.5) is 0 Å². The molecule has 1 aromatic heterocycles. The summed E-state index contributed by atoms with van der Waals surface area (Å²) in [6.07, 6.45) is 1.32. The molecule has 32 heavy (non-hydrogen) atoms. The lowest BCUT2D eigenvalue weighted by molar-refractivity contribution is -0.158. The van der Waals surface area contributed by atoms with Crippen molar-refractivity contribution in [3.8, 4) is 11.5 Å². The number of methoxy groups -OCH3 is 2. The van der Waals surface area contributed by atoms with E-state index in [1.807, 2.05) is 43.3 Å². The fourth-order valence-electron chi connectivity index (χ4n) is 5.15.